The molecule has 122 valence electrons. The quantitative estimate of drug-likeness (QED) is 0.720. The van der Waals surface area contributed by atoms with Gasteiger partial charge in [-0.15, -0.1) is 11.3 Å². The van der Waals surface area contributed by atoms with Crippen LogP contribution in [0, 0.1) is 12.7 Å². The van der Waals surface area contributed by atoms with Crippen LogP contribution in [0.15, 0.2) is 47.8 Å². The molecule has 1 N–H and O–H groups in total. The number of nitrogens with one attached hydrogen (secondary N) is 1. The van der Waals surface area contributed by atoms with Crippen LogP contribution in [0.25, 0.3) is 11.3 Å². The smallest absolute Gasteiger partial charge is 0.255 e. The first kappa shape index (κ1) is 16.3. The summed E-state index contributed by atoms with van der Waals surface area (Å²) in [7, 11) is 0. The van der Waals surface area contributed by atoms with E-state index in [4.69, 9.17) is 0 Å². The Balaban J connectivity index is 1.74. The number of amides is 1. The zero-order valence-electron chi connectivity index (χ0n) is 13.5. The average Bonchev–Trinajstić information content (AvgIpc) is 3.07. The normalized spacial score (nSPS) is 10.6. The second-order valence-electron chi connectivity index (χ2n) is 5.48. The van der Waals surface area contributed by atoms with Gasteiger partial charge in [-0.3, -0.25) is 4.79 Å². The topological polar surface area (TPSA) is 42.0 Å². The number of aryl methyl sites for hydroxylation is 2. The molecule has 0 bridgehead atoms. The van der Waals surface area contributed by atoms with E-state index in [1.165, 1.54) is 6.07 Å². The minimum Gasteiger partial charge on any atom is -0.322 e. The lowest BCUT2D eigenvalue weighted by Gasteiger charge is -2.07. The molecule has 0 unspecified atom stereocenters. The van der Waals surface area contributed by atoms with Crippen molar-refractivity contribution in [3.05, 3.63) is 69.8 Å². The molecule has 1 amide bonds. The van der Waals surface area contributed by atoms with Crippen LogP contribution in [0.4, 0.5) is 10.1 Å². The Hall–Kier alpha value is -2.53. The van der Waals surface area contributed by atoms with Gasteiger partial charge in [-0.1, -0.05) is 25.1 Å². The zero-order valence-corrected chi connectivity index (χ0v) is 14.3. The third-order valence-corrected chi connectivity index (χ3v) is 4.72. The maximum atomic E-state index is 13.5. The van der Waals surface area contributed by atoms with Gasteiger partial charge >= 0.3 is 0 Å². The van der Waals surface area contributed by atoms with Crippen molar-refractivity contribution in [3.8, 4) is 11.3 Å². The Bertz CT molecular complexity index is 871. The molecular weight excluding hydrogens is 323 g/mol. The van der Waals surface area contributed by atoms with Gasteiger partial charge in [-0.2, -0.15) is 0 Å². The molecule has 0 aliphatic rings. The van der Waals surface area contributed by atoms with Gasteiger partial charge in [0.15, 0.2) is 0 Å². The molecule has 2 aromatic carbocycles. The van der Waals surface area contributed by atoms with Crippen LogP contribution in [0.2, 0.25) is 0 Å². The van der Waals surface area contributed by atoms with Crippen molar-refractivity contribution in [2.75, 3.05) is 5.32 Å². The van der Waals surface area contributed by atoms with Gasteiger partial charge in [0, 0.05) is 22.2 Å². The number of hydrogen-bond acceptors (Lipinski definition) is 3. The number of hydrogen-bond donors (Lipinski definition) is 1. The molecule has 3 nitrogen and oxygen atoms in total. The maximum Gasteiger partial charge on any atom is 0.255 e. The summed E-state index contributed by atoms with van der Waals surface area (Å²) in [6.45, 7) is 3.76. The molecule has 0 saturated heterocycles. The molecule has 1 aromatic heterocycles. The number of carbonyl (C=O) groups is 1. The van der Waals surface area contributed by atoms with E-state index in [1.54, 1.807) is 42.5 Å². The van der Waals surface area contributed by atoms with E-state index < -0.39 is 0 Å². The SMILES string of the molecule is CCc1nc(-c2ccc(C(=O)Nc3ccc(C)c(F)c3)cc2)cs1. The van der Waals surface area contributed by atoms with Crippen LogP contribution in [0.5, 0.6) is 0 Å². The van der Waals surface area contributed by atoms with E-state index in [9.17, 15) is 9.18 Å². The molecule has 24 heavy (non-hydrogen) atoms. The van der Waals surface area contributed by atoms with E-state index >= 15 is 0 Å². The lowest BCUT2D eigenvalue weighted by Crippen LogP contribution is -2.12. The first-order valence-electron chi connectivity index (χ1n) is 7.69. The second kappa shape index (κ2) is 6.93. The molecule has 0 aliphatic heterocycles. The third kappa shape index (κ3) is 3.51. The van der Waals surface area contributed by atoms with Crippen LogP contribution in [0.3, 0.4) is 0 Å². The molecule has 0 radical (unpaired) electrons. The minimum absolute atomic E-state index is 0.266. The first-order valence-corrected chi connectivity index (χ1v) is 8.57. The molecule has 1 heterocycles. The summed E-state index contributed by atoms with van der Waals surface area (Å²) in [5.74, 6) is -0.601. The Morgan fingerprint density at radius 2 is 1.96 bits per heavy atom. The number of benzene rings is 2. The number of halogens is 1. The zero-order chi connectivity index (χ0) is 17.1. The Morgan fingerprint density at radius 1 is 1.21 bits per heavy atom. The lowest BCUT2D eigenvalue weighted by atomic mass is 10.1. The van der Waals surface area contributed by atoms with Gasteiger partial charge in [0.05, 0.1) is 10.7 Å². The largest absolute Gasteiger partial charge is 0.322 e. The van der Waals surface area contributed by atoms with Gasteiger partial charge in [0.2, 0.25) is 0 Å². The second-order valence-corrected chi connectivity index (χ2v) is 6.42. The van der Waals surface area contributed by atoms with Gasteiger partial charge in [-0.25, -0.2) is 9.37 Å². The average molecular weight is 340 g/mol. The van der Waals surface area contributed by atoms with E-state index in [1.807, 2.05) is 17.5 Å². The van der Waals surface area contributed by atoms with Crippen molar-refractivity contribution in [2.24, 2.45) is 0 Å². The van der Waals surface area contributed by atoms with E-state index in [0.717, 1.165) is 22.7 Å². The molecule has 0 atom stereocenters. The van der Waals surface area contributed by atoms with Crippen LogP contribution in [-0.2, 0) is 6.42 Å². The van der Waals surface area contributed by atoms with Gasteiger partial charge in [0.1, 0.15) is 5.82 Å². The lowest BCUT2D eigenvalue weighted by molar-refractivity contribution is 0.102. The van der Waals surface area contributed by atoms with Crippen LogP contribution in [-0.4, -0.2) is 10.9 Å². The summed E-state index contributed by atoms with van der Waals surface area (Å²) in [6.07, 6.45) is 0.915. The number of nitrogens with zero attached hydrogens (tertiary/aromatic N) is 1. The molecular formula is C19H17FN2OS. The molecule has 0 spiro atoms. The standard InChI is InChI=1S/C19H17FN2OS/c1-3-18-22-17(11-24-18)13-5-7-14(8-6-13)19(23)21-15-9-4-12(2)16(20)10-15/h4-11H,3H2,1-2H3,(H,21,23). The number of carbonyl (C=O) groups excluding carboxylic acids is 1. The molecule has 3 rings (SSSR count). The highest BCUT2D eigenvalue weighted by Crippen LogP contribution is 2.23. The van der Waals surface area contributed by atoms with Gasteiger partial charge in [0.25, 0.3) is 5.91 Å². The van der Waals surface area contributed by atoms with Crippen LogP contribution in [0.1, 0.15) is 27.9 Å². The fraction of sp³-hybridized carbons (Fsp3) is 0.158. The van der Waals surface area contributed by atoms with Crippen molar-refractivity contribution in [1.29, 1.82) is 0 Å². The van der Waals surface area contributed by atoms with Gasteiger partial charge < -0.3 is 5.32 Å². The Labute approximate surface area is 144 Å². The van der Waals surface area contributed by atoms with Gasteiger partial charge in [-0.05, 0) is 43.2 Å². The van der Waals surface area contributed by atoms with Crippen molar-refractivity contribution in [1.82, 2.24) is 4.98 Å². The Morgan fingerprint density at radius 3 is 2.58 bits per heavy atom. The fourth-order valence-electron chi connectivity index (χ4n) is 2.27. The number of thiazole rings is 1. The first-order chi connectivity index (χ1) is 11.6. The highest BCUT2D eigenvalue weighted by Gasteiger charge is 2.09. The molecule has 5 heteroatoms. The summed E-state index contributed by atoms with van der Waals surface area (Å²) < 4.78 is 13.5. The fourth-order valence-corrected chi connectivity index (χ4v) is 3.03. The van der Waals surface area contributed by atoms with Crippen molar-refractivity contribution in [3.63, 3.8) is 0 Å². The molecule has 0 saturated carbocycles. The monoisotopic (exact) mass is 340 g/mol. The molecule has 0 aliphatic carbocycles. The molecule has 3 aromatic rings. The highest BCUT2D eigenvalue weighted by atomic mass is 32.1. The molecule has 0 fully saturated rings. The number of anilines is 1. The van der Waals surface area contributed by atoms with Crippen molar-refractivity contribution >= 4 is 22.9 Å². The maximum absolute atomic E-state index is 13.5. The van der Waals surface area contributed by atoms with Crippen LogP contribution >= 0.6 is 11.3 Å². The Kier molecular flexibility index (Phi) is 4.71. The van der Waals surface area contributed by atoms with E-state index in [2.05, 4.69) is 17.2 Å². The number of rotatable bonds is 4. The summed E-state index contributed by atoms with van der Waals surface area (Å²) in [4.78, 5) is 16.8. The van der Waals surface area contributed by atoms with Crippen molar-refractivity contribution < 1.29 is 9.18 Å². The predicted molar refractivity (Wildman–Crippen MR) is 96.0 cm³/mol. The highest BCUT2D eigenvalue weighted by molar-refractivity contribution is 7.09. The summed E-state index contributed by atoms with van der Waals surface area (Å²) in [5.41, 5.74) is 3.41. The van der Waals surface area contributed by atoms with E-state index in [0.29, 0.717) is 16.8 Å². The van der Waals surface area contributed by atoms with E-state index in [-0.39, 0.29) is 11.7 Å². The van der Waals surface area contributed by atoms with Crippen LogP contribution < -0.4 is 5.32 Å². The van der Waals surface area contributed by atoms with Crippen molar-refractivity contribution in [2.45, 2.75) is 20.3 Å². The summed E-state index contributed by atoms with van der Waals surface area (Å²) in [5, 5.41) is 5.81. The minimum atomic E-state index is -0.335. The third-order valence-electron chi connectivity index (χ3n) is 3.73. The predicted octanol–water partition coefficient (Wildman–Crippen LogP) is 5.07. The number of aromatic nitrogens is 1. The summed E-state index contributed by atoms with van der Waals surface area (Å²) in [6, 6.07) is 11.9. The summed E-state index contributed by atoms with van der Waals surface area (Å²) >= 11 is 1.63.